The molecule has 1 heterocycles. The fraction of sp³-hybridized carbons (Fsp3) is 0.385. The number of carboxylic acids is 1. The highest BCUT2D eigenvalue weighted by Crippen LogP contribution is 2.32. The van der Waals surface area contributed by atoms with E-state index in [1.807, 2.05) is 0 Å². The van der Waals surface area contributed by atoms with Crippen LogP contribution in [0.5, 0.6) is 0 Å². The Kier molecular flexibility index (Phi) is 3.87. The molecule has 21 heavy (non-hydrogen) atoms. The molecule has 1 unspecified atom stereocenters. The lowest BCUT2D eigenvalue weighted by atomic mass is 9.90. The van der Waals surface area contributed by atoms with Gasteiger partial charge in [-0.3, -0.25) is 19.7 Å². The number of halogens is 1. The van der Waals surface area contributed by atoms with E-state index in [2.05, 4.69) is 0 Å². The molecule has 0 spiro atoms. The van der Waals surface area contributed by atoms with Crippen LogP contribution in [0.3, 0.4) is 0 Å². The summed E-state index contributed by atoms with van der Waals surface area (Å²) in [4.78, 5) is 35.2. The summed E-state index contributed by atoms with van der Waals surface area (Å²) in [6.45, 7) is 1.81. The largest absolute Gasteiger partial charge is 0.481 e. The maximum Gasteiger partial charge on any atom is 0.311 e. The Morgan fingerprint density at radius 1 is 1.48 bits per heavy atom. The zero-order chi connectivity index (χ0) is 15.8. The Hall–Kier alpha value is -2.15. The number of rotatable bonds is 3. The molecule has 1 aliphatic rings. The third-order valence-electron chi connectivity index (χ3n) is 3.66. The minimum Gasteiger partial charge on any atom is -0.481 e. The molecule has 0 aromatic heterocycles. The van der Waals surface area contributed by atoms with E-state index < -0.39 is 22.2 Å². The first kappa shape index (κ1) is 15.2. The molecule has 1 aromatic carbocycles. The van der Waals surface area contributed by atoms with Gasteiger partial charge in [-0.25, -0.2) is 0 Å². The molecule has 0 radical (unpaired) electrons. The first-order chi connectivity index (χ1) is 9.74. The molecule has 1 aliphatic heterocycles. The van der Waals surface area contributed by atoms with Crippen LogP contribution in [0.15, 0.2) is 18.2 Å². The summed E-state index contributed by atoms with van der Waals surface area (Å²) in [6, 6.07) is 3.74. The van der Waals surface area contributed by atoms with Gasteiger partial charge in [0, 0.05) is 24.2 Å². The van der Waals surface area contributed by atoms with Gasteiger partial charge in [-0.05, 0) is 25.5 Å². The number of nitro groups is 1. The number of nitrogens with zero attached hydrogens (tertiary/aromatic N) is 2. The average molecular weight is 313 g/mol. The van der Waals surface area contributed by atoms with Gasteiger partial charge in [-0.1, -0.05) is 11.6 Å². The first-order valence-corrected chi connectivity index (χ1v) is 6.59. The Bertz CT molecular complexity index is 633. The van der Waals surface area contributed by atoms with Crippen molar-refractivity contribution < 1.29 is 19.6 Å². The molecule has 112 valence electrons. The van der Waals surface area contributed by atoms with Crippen molar-refractivity contribution in [3.8, 4) is 0 Å². The maximum absolute atomic E-state index is 12.4. The minimum atomic E-state index is -1.02. The van der Waals surface area contributed by atoms with Crippen LogP contribution in [0, 0.1) is 15.5 Å². The second-order valence-electron chi connectivity index (χ2n) is 5.26. The van der Waals surface area contributed by atoms with Crippen LogP contribution in [0.25, 0.3) is 0 Å². The molecule has 1 aromatic rings. The minimum absolute atomic E-state index is 0.0187. The zero-order valence-electron chi connectivity index (χ0n) is 11.2. The van der Waals surface area contributed by atoms with Crippen molar-refractivity contribution >= 4 is 29.2 Å². The van der Waals surface area contributed by atoms with Gasteiger partial charge in [0.05, 0.1) is 10.3 Å². The number of hydrogen-bond acceptors (Lipinski definition) is 4. The maximum atomic E-state index is 12.4. The number of hydrogen-bond donors (Lipinski definition) is 1. The lowest BCUT2D eigenvalue weighted by Gasteiger charge is -2.20. The van der Waals surface area contributed by atoms with E-state index in [-0.39, 0.29) is 29.4 Å². The summed E-state index contributed by atoms with van der Waals surface area (Å²) in [5.74, 6) is -1.56. The third kappa shape index (κ3) is 2.82. The topological polar surface area (TPSA) is 101 Å². The summed E-state index contributed by atoms with van der Waals surface area (Å²) < 4.78 is 0. The highest BCUT2D eigenvalue weighted by atomic mass is 35.5. The summed E-state index contributed by atoms with van der Waals surface area (Å²) in [7, 11) is 0. The number of aliphatic carboxylic acids is 1. The van der Waals surface area contributed by atoms with E-state index in [1.54, 1.807) is 6.92 Å². The lowest BCUT2D eigenvalue weighted by molar-refractivity contribution is -0.385. The quantitative estimate of drug-likeness (QED) is 0.681. The van der Waals surface area contributed by atoms with Crippen LogP contribution >= 0.6 is 11.6 Å². The van der Waals surface area contributed by atoms with Gasteiger partial charge in [0.25, 0.3) is 11.6 Å². The SMILES string of the molecule is CC1(C(=O)O)CCN(C(=O)c2cc(Cl)ccc2[N+](=O)[O-])C1. The Morgan fingerprint density at radius 3 is 2.67 bits per heavy atom. The second kappa shape index (κ2) is 5.33. The van der Waals surface area contributed by atoms with Crippen LogP contribution < -0.4 is 0 Å². The average Bonchev–Trinajstić information content (AvgIpc) is 2.81. The van der Waals surface area contributed by atoms with E-state index in [4.69, 9.17) is 16.7 Å². The number of carbonyl (C=O) groups excluding carboxylic acids is 1. The molecule has 1 amide bonds. The molecule has 0 bridgehead atoms. The number of nitro benzene ring substituents is 1. The second-order valence-corrected chi connectivity index (χ2v) is 5.70. The number of carboxylic acid groups (broad SMARTS) is 1. The van der Waals surface area contributed by atoms with Gasteiger partial charge in [0.15, 0.2) is 0 Å². The van der Waals surface area contributed by atoms with E-state index in [0.717, 1.165) is 0 Å². The highest BCUT2D eigenvalue weighted by Gasteiger charge is 2.43. The molecular weight excluding hydrogens is 300 g/mol. The van der Waals surface area contributed by atoms with Crippen molar-refractivity contribution in [3.63, 3.8) is 0 Å². The van der Waals surface area contributed by atoms with E-state index in [0.29, 0.717) is 6.42 Å². The van der Waals surface area contributed by atoms with Crippen molar-refractivity contribution in [3.05, 3.63) is 38.9 Å². The fourth-order valence-electron chi connectivity index (χ4n) is 2.32. The molecule has 0 aliphatic carbocycles. The normalized spacial score (nSPS) is 21.3. The van der Waals surface area contributed by atoms with Crippen molar-refractivity contribution in [2.24, 2.45) is 5.41 Å². The van der Waals surface area contributed by atoms with Crippen LogP contribution in [-0.4, -0.2) is 39.9 Å². The van der Waals surface area contributed by atoms with Gasteiger partial charge in [0.2, 0.25) is 0 Å². The number of benzene rings is 1. The molecule has 0 saturated carbocycles. The third-order valence-corrected chi connectivity index (χ3v) is 3.90. The fourth-order valence-corrected chi connectivity index (χ4v) is 2.49. The van der Waals surface area contributed by atoms with Crippen molar-refractivity contribution in [2.75, 3.05) is 13.1 Å². The van der Waals surface area contributed by atoms with Crippen LogP contribution in [-0.2, 0) is 4.79 Å². The van der Waals surface area contributed by atoms with Crippen LogP contribution in [0.2, 0.25) is 5.02 Å². The van der Waals surface area contributed by atoms with Gasteiger partial charge in [-0.2, -0.15) is 0 Å². The summed E-state index contributed by atoms with van der Waals surface area (Å²) in [5.41, 5.74) is -1.49. The molecule has 2 rings (SSSR count). The smallest absolute Gasteiger partial charge is 0.311 e. The van der Waals surface area contributed by atoms with E-state index in [1.165, 1.54) is 23.1 Å². The molecule has 1 N–H and O–H groups in total. The number of likely N-dealkylation sites (tertiary alicyclic amines) is 1. The molecule has 7 nitrogen and oxygen atoms in total. The Morgan fingerprint density at radius 2 is 2.14 bits per heavy atom. The van der Waals surface area contributed by atoms with Gasteiger partial charge < -0.3 is 10.0 Å². The molecule has 1 atom stereocenters. The molecule has 1 saturated heterocycles. The molecule has 8 heteroatoms. The van der Waals surface area contributed by atoms with Gasteiger partial charge in [0.1, 0.15) is 5.56 Å². The zero-order valence-corrected chi connectivity index (χ0v) is 12.0. The van der Waals surface area contributed by atoms with Crippen molar-refractivity contribution in [1.82, 2.24) is 4.90 Å². The molecule has 1 fully saturated rings. The molecular formula is C13H13ClN2O5. The van der Waals surface area contributed by atoms with E-state index in [9.17, 15) is 19.7 Å². The monoisotopic (exact) mass is 312 g/mol. The predicted molar refractivity (Wildman–Crippen MR) is 74.4 cm³/mol. The van der Waals surface area contributed by atoms with Gasteiger partial charge >= 0.3 is 5.97 Å². The first-order valence-electron chi connectivity index (χ1n) is 6.21. The summed E-state index contributed by atoms with van der Waals surface area (Å²) >= 11 is 5.79. The van der Waals surface area contributed by atoms with Gasteiger partial charge in [-0.15, -0.1) is 0 Å². The Labute approximate surface area is 125 Å². The Balaban J connectivity index is 2.32. The highest BCUT2D eigenvalue weighted by molar-refractivity contribution is 6.31. The summed E-state index contributed by atoms with van der Waals surface area (Å²) in [6.07, 6.45) is 0.308. The predicted octanol–water partition coefficient (Wildman–Crippen LogP) is 2.19. The lowest BCUT2D eigenvalue weighted by Crippen LogP contribution is -2.35. The summed E-state index contributed by atoms with van der Waals surface area (Å²) in [5, 5.41) is 20.4. The van der Waals surface area contributed by atoms with Crippen molar-refractivity contribution in [1.29, 1.82) is 0 Å². The van der Waals surface area contributed by atoms with Crippen LogP contribution in [0.1, 0.15) is 23.7 Å². The van der Waals surface area contributed by atoms with Crippen molar-refractivity contribution in [2.45, 2.75) is 13.3 Å². The van der Waals surface area contributed by atoms with Crippen LogP contribution in [0.4, 0.5) is 5.69 Å². The number of amides is 1. The number of carbonyl (C=O) groups is 2. The standard InChI is InChI=1S/C13H13ClN2O5/c1-13(12(18)19)4-5-15(7-13)11(17)9-6-8(14)2-3-10(9)16(20)21/h2-3,6H,4-5,7H2,1H3,(H,18,19). The van der Waals surface area contributed by atoms with E-state index >= 15 is 0 Å².